The van der Waals surface area contributed by atoms with Gasteiger partial charge in [-0.2, -0.15) is 0 Å². The minimum absolute atomic E-state index is 0.0385. The van der Waals surface area contributed by atoms with Crippen molar-refractivity contribution >= 4 is 17.9 Å². The highest BCUT2D eigenvalue weighted by Gasteiger charge is 2.25. The number of aliphatic carboxylic acids is 1. The Hall–Kier alpha value is -2.19. The van der Waals surface area contributed by atoms with Crippen molar-refractivity contribution in [3.05, 3.63) is 24.3 Å². The number of carbonyl (C=O) groups is 3. The molecule has 0 saturated carbocycles. The van der Waals surface area contributed by atoms with E-state index in [9.17, 15) is 19.5 Å². The molecule has 0 spiro atoms. The predicted molar refractivity (Wildman–Crippen MR) is 227 cm³/mol. The fraction of sp³-hybridized carbons (Fsp3) is 0.851. The number of allylic oxidation sites excluding steroid dienone is 4. The number of ether oxygens (including phenoxy) is 3. The average molecular weight is 778 g/mol. The molecule has 8 nitrogen and oxygen atoms in total. The molecule has 2 unspecified atom stereocenters. The molecule has 0 aliphatic heterocycles. The highest BCUT2D eigenvalue weighted by Crippen LogP contribution is 2.14. The Kier molecular flexibility index (Phi) is 37.1. The molecule has 0 rings (SSSR count). The molecule has 0 aromatic carbocycles. The lowest BCUT2D eigenvalue weighted by atomic mass is 10.1. The van der Waals surface area contributed by atoms with Crippen LogP contribution in [0.4, 0.5) is 0 Å². The van der Waals surface area contributed by atoms with Crippen molar-refractivity contribution < 1.29 is 38.2 Å². The van der Waals surface area contributed by atoms with Crippen molar-refractivity contribution in [2.24, 2.45) is 0 Å². The maximum atomic E-state index is 12.7. The summed E-state index contributed by atoms with van der Waals surface area (Å²) in [4.78, 5) is 36.8. The summed E-state index contributed by atoms with van der Waals surface area (Å²) < 4.78 is 17.1. The summed E-state index contributed by atoms with van der Waals surface area (Å²) in [5, 5.41) is 11.6. The first-order valence-corrected chi connectivity index (χ1v) is 22.9. The van der Waals surface area contributed by atoms with E-state index in [1.165, 1.54) is 122 Å². The first-order valence-electron chi connectivity index (χ1n) is 22.9. The maximum Gasteiger partial charge on any atom is 0.306 e. The van der Waals surface area contributed by atoms with E-state index >= 15 is 0 Å². The molecule has 0 saturated heterocycles. The molecule has 0 N–H and O–H groups in total. The fourth-order valence-corrected chi connectivity index (χ4v) is 6.69. The van der Waals surface area contributed by atoms with Crippen LogP contribution in [0.25, 0.3) is 0 Å². The number of likely N-dealkylation sites (N-methyl/N-ethyl adjacent to an activating group) is 1. The number of carboxylic acid groups (broad SMARTS) is 1. The molecule has 0 aromatic heterocycles. The quantitative estimate of drug-likeness (QED) is 0.0264. The van der Waals surface area contributed by atoms with Crippen LogP contribution in [-0.2, 0) is 28.6 Å². The number of unbranched alkanes of at least 4 members (excludes halogenated alkanes) is 23. The normalized spacial score (nSPS) is 13.1. The van der Waals surface area contributed by atoms with Gasteiger partial charge in [-0.3, -0.25) is 9.59 Å². The first kappa shape index (κ1) is 52.8. The van der Waals surface area contributed by atoms with Crippen LogP contribution >= 0.6 is 0 Å². The van der Waals surface area contributed by atoms with Gasteiger partial charge in [0.25, 0.3) is 0 Å². The highest BCUT2D eigenvalue weighted by molar-refractivity contribution is 5.70. The van der Waals surface area contributed by atoms with Crippen molar-refractivity contribution in [1.82, 2.24) is 0 Å². The monoisotopic (exact) mass is 778 g/mol. The molecular weight excluding hydrogens is 691 g/mol. The third-order valence-corrected chi connectivity index (χ3v) is 10.3. The Bertz CT molecular complexity index is 957. The summed E-state index contributed by atoms with van der Waals surface area (Å²) in [5.41, 5.74) is 0. The molecular formula is C47H87NO7. The van der Waals surface area contributed by atoms with E-state index in [1.54, 1.807) is 21.1 Å². The zero-order valence-corrected chi connectivity index (χ0v) is 36.6. The summed E-state index contributed by atoms with van der Waals surface area (Å²) >= 11 is 0. The van der Waals surface area contributed by atoms with Gasteiger partial charge in [0.05, 0.1) is 40.3 Å². The summed E-state index contributed by atoms with van der Waals surface area (Å²) in [5.74, 6) is -1.75. The van der Waals surface area contributed by atoms with Gasteiger partial charge >= 0.3 is 11.9 Å². The van der Waals surface area contributed by atoms with E-state index in [2.05, 4.69) is 38.2 Å². The number of nitrogens with zero attached hydrogens (tertiary/aromatic N) is 1. The van der Waals surface area contributed by atoms with Crippen LogP contribution in [0.15, 0.2) is 24.3 Å². The number of hydrogen-bond donors (Lipinski definition) is 0. The first-order chi connectivity index (χ1) is 26.6. The fourth-order valence-electron chi connectivity index (χ4n) is 6.69. The molecule has 0 aromatic rings. The molecule has 0 bridgehead atoms. The number of quaternary nitrogens is 1. The van der Waals surface area contributed by atoms with Crippen LogP contribution < -0.4 is 5.11 Å². The van der Waals surface area contributed by atoms with Gasteiger partial charge in [-0.15, -0.1) is 0 Å². The molecule has 0 fully saturated rings. The number of hydrogen-bond acceptors (Lipinski definition) is 7. The standard InChI is InChI=1S/C47H87NO7/c1-6-8-10-12-14-16-18-19-20-21-22-23-24-25-26-28-29-31-33-35-37-45(49)54-42-43(41-53-40-39-44(47(51)52)48(3,4)5)55-46(50)38-36-34-32-30-27-17-15-13-11-9-7-2/h13,15,22-23,43-44H,6-12,14,16-21,24-42H2,1-5H3/b15-13+,23-22+. The minimum Gasteiger partial charge on any atom is -0.544 e. The predicted octanol–water partition coefficient (Wildman–Crippen LogP) is 11.1. The molecule has 2 atom stereocenters. The maximum absolute atomic E-state index is 12.7. The lowest BCUT2D eigenvalue weighted by molar-refractivity contribution is -0.889. The molecule has 322 valence electrons. The Morgan fingerprint density at radius 2 is 0.927 bits per heavy atom. The van der Waals surface area contributed by atoms with Crippen LogP contribution in [0.5, 0.6) is 0 Å². The molecule has 0 radical (unpaired) electrons. The van der Waals surface area contributed by atoms with Gasteiger partial charge in [0, 0.05) is 19.3 Å². The molecule has 0 aliphatic carbocycles. The summed E-state index contributed by atoms with van der Waals surface area (Å²) in [6, 6.07) is -0.725. The second-order valence-corrected chi connectivity index (χ2v) is 16.6. The van der Waals surface area contributed by atoms with Crippen molar-refractivity contribution in [2.45, 2.75) is 219 Å². The minimum atomic E-state index is -1.13. The number of carboxylic acids is 1. The van der Waals surface area contributed by atoms with Crippen molar-refractivity contribution in [3.63, 3.8) is 0 Å². The smallest absolute Gasteiger partial charge is 0.306 e. The zero-order chi connectivity index (χ0) is 40.7. The van der Waals surface area contributed by atoms with Gasteiger partial charge in [0.2, 0.25) is 0 Å². The van der Waals surface area contributed by atoms with E-state index in [0.29, 0.717) is 12.8 Å². The van der Waals surface area contributed by atoms with Gasteiger partial charge in [-0.25, -0.2) is 0 Å². The number of esters is 2. The number of rotatable bonds is 41. The Morgan fingerprint density at radius 3 is 1.36 bits per heavy atom. The van der Waals surface area contributed by atoms with Gasteiger partial charge in [-0.1, -0.05) is 154 Å². The van der Waals surface area contributed by atoms with Crippen LogP contribution in [0, 0.1) is 0 Å². The van der Waals surface area contributed by atoms with Crippen LogP contribution in [0.1, 0.15) is 206 Å². The van der Waals surface area contributed by atoms with Gasteiger partial charge in [0.1, 0.15) is 12.6 Å². The van der Waals surface area contributed by atoms with Crippen molar-refractivity contribution in [2.75, 3.05) is 41.0 Å². The summed E-state index contributed by atoms with van der Waals surface area (Å²) in [6.07, 6.45) is 42.1. The molecule has 55 heavy (non-hydrogen) atoms. The highest BCUT2D eigenvalue weighted by atomic mass is 16.6. The molecule has 0 amide bonds. The lowest BCUT2D eigenvalue weighted by Gasteiger charge is -2.34. The largest absolute Gasteiger partial charge is 0.544 e. The summed E-state index contributed by atoms with van der Waals surface area (Å²) in [6.45, 7) is 4.62. The van der Waals surface area contributed by atoms with E-state index in [4.69, 9.17) is 14.2 Å². The van der Waals surface area contributed by atoms with Crippen molar-refractivity contribution in [1.29, 1.82) is 0 Å². The SMILES string of the molecule is CCCC/C=C/CCCCCCCC(=O)OC(COCCC(C(=O)[O-])[N+](C)(C)C)COC(=O)CCCCCCCCC/C=C/CCCCCCCCCCC. The molecule has 0 heterocycles. The zero-order valence-electron chi connectivity index (χ0n) is 36.6. The molecule has 8 heteroatoms. The van der Waals surface area contributed by atoms with E-state index in [1.807, 2.05) is 0 Å². The van der Waals surface area contributed by atoms with Gasteiger partial charge in [-0.05, 0) is 57.8 Å². The molecule has 0 aliphatic rings. The second kappa shape index (κ2) is 38.7. The topological polar surface area (TPSA) is 102 Å². The van der Waals surface area contributed by atoms with E-state index in [0.717, 1.165) is 51.4 Å². The number of carbonyl (C=O) groups excluding carboxylic acids is 3. The van der Waals surface area contributed by atoms with Crippen LogP contribution in [0.2, 0.25) is 0 Å². The van der Waals surface area contributed by atoms with E-state index < -0.39 is 18.1 Å². The van der Waals surface area contributed by atoms with Crippen LogP contribution in [-0.4, -0.2) is 75.5 Å². The second-order valence-electron chi connectivity index (χ2n) is 16.6. The van der Waals surface area contributed by atoms with Gasteiger partial charge < -0.3 is 28.6 Å². The average Bonchev–Trinajstić information content (AvgIpc) is 3.14. The third kappa shape index (κ3) is 37.2. The van der Waals surface area contributed by atoms with Gasteiger partial charge in [0.15, 0.2) is 6.10 Å². The van der Waals surface area contributed by atoms with Crippen molar-refractivity contribution in [3.8, 4) is 0 Å². The Labute approximate surface area is 339 Å². The van der Waals surface area contributed by atoms with Crippen LogP contribution in [0.3, 0.4) is 0 Å². The lowest BCUT2D eigenvalue weighted by Crippen LogP contribution is -2.55. The Balaban J connectivity index is 4.24. The third-order valence-electron chi connectivity index (χ3n) is 10.3. The Morgan fingerprint density at radius 1 is 0.527 bits per heavy atom. The van der Waals surface area contributed by atoms with E-state index in [-0.39, 0.29) is 42.7 Å². The summed E-state index contributed by atoms with van der Waals surface area (Å²) in [7, 11) is 5.40.